The normalized spacial score (nSPS) is 10.9. The number of thiophene rings is 1. The van der Waals surface area contributed by atoms with Gasteiger partial charge in [0.05, 0.1) is 10.3 Å². The molecule has 3 aromatic rings. The van der Waals surface area contributed by atoms with E-state index in [9.17, 15) is 9.59 Å². The van der Waals surface area contributed by atoms with Crippen LogP contribution in [0.3, 0.4) is 0 Å². The van der Waals surface area contributed by atoms with Gasteiger partial charge in [-0.2, -0.15) is 4.98 Å². The van der Waals surface area contributed by atoms with Crippen LogP contribution < -0.4 is 16.6 Å². The van der Waals surface area contributed by atoms with Gasteiger partial charge in [0, 0.05) is 23.2 Å². The lowest BCUT2D eigenvalue weighted by atomic mass is 10.2. The van der Waals surface area contributed by atoms with Crippen LogP contribution in [-0.2, 0) is 6.54 Å². The molecule has 0 spiro atoms. The molecule has 5 N–H and O–H groups in total. The van der Waals surface area contributed by atoms with Gasteiger partial charge < -0.3 is 16.0 Å². The molecule has 0 radical (unpaired) electrons. The zero-order valence-corrected chi connectivity index (χ0v) is 12.0. The second kappa shape index (κ2) is 5.06. The number of nitrogens with zero attached hydrogens (tertiary/aromatic N) is 1. The minimum absolute atomic E-state index is 0.0546. The Morgan fingerprint density at radius 2 is 2.29 bits per heavy atom. The maximum atomic E-state index is 12.0. The first-order valence-electron chi connectivity index (χ1n) is 6.25. The maximum Gasteiger partial charge on any atom is 0.262 e. The second-order valence-electron chi connectivity index (χ2n) is 4.58. The lowest BCUT2D eigenvalue weighted by molar-refractivity contribution is 0.0955. The number of rotatable bonds is 3. The average molecular weight is 303 g/mol. The van der Waals surface area contributed by atoms with Crippen molar-refractivity contribution in [3.05, 3.63) is 44.0 Å². The van der Waals surface area contributed by atoms with Gasteiger partial charge in [-0.25, -0.2) is 0 Å². The minimum Gasteiger partial charge on any atom is -0.369 e. The van der Waals surface area contributed by atoms with E-state index in [0.29, 0.717) is 21.5 Å². The van der Waals surface area contributed by atoms with Crippen molar-refractivity contribution in [1.82, 2.24) is 20.3 Å². The number of hydrogen-bond donors (Lipinski definition) is 4. The molecule has 3 heterocycles. The van der Waals surface area contributed by atoms with E-state index < -0.39 is 0 Å². The Labute approximate surface area is 123 Å². The molecule has 0 saturated carbocycles. The number of nitrogens with one attached hydrogen (secondary N) is 3. The highest BCUT2D eigenvalue weighted by Gasteiger charge is 2.12. The van der Waals surface area contributed by atoms with Crippen molar-refractivity contribution in [3.8, 4) is 0 Å². The number of nitrogens with two attached hydrogens (primary N) is 1. The summed E-state index contributed by atoms with van der Waals surface area (Å²) in [6.07, 6.45) is 1.65. The van der Waals surface area contributed by atoms with E-state index in [-0.39, 0.29) is 24.0 Å². The lowest BCUT2D eigenvalue weighted by Gasteiger charge is -2.02. The molecular formula is C13H13N5O2S. The van der Waals surface area contributed by atoms with E-state index in [0.717, 1.165) is 4.88 Å². The fourth-order valence-corrected chi connectivity index (χ4v) is 2.86. The molecule has 7 nitrogen and oxygen atoms in total. The fraction of sp³-hybridized carbons (Fsp3) is 0.154. The SMILES string of the molecule is Cc1ccc(C(=O)NCc2c[nH]c3nc(N)[nH]c(=O)c23)s1. The van der Waals surface area contributed by atoms with Crippen molar-refractivity contribution in [2.24, 2.45) is 0 Å². The fourth-order valence-electron chi connectivity index (χ4n) is 2.08. The number of anilines is 1. The Balaban J connectivity index is 1.83. The Kier molecular flexibility index (Phi) is 3.22. The van der Waals surface area contributed by atoms with E-state index in [1.807, 2.05) is 13.0 Å². The molecule has 0 unspecified atom stereocenters. The predicted molar refractivity (Wildman–Crippen MR) is 81.4 cm³/mol. The van der Waals surface area contributed by atoms with Gasteiger partial charge in [-0.15, -0.1) is 11.3 Å². The number of aromatic nitrogens is 3. The highest BCUT2D eigenvalue weighted by Crippen LogP contribution is 2.16. The van der Waals surface area contributed by atoms with Gasteiger partial charge in [0.1, 0.15) is 5.65 Å². The summed E-state index contributed by atoms with van der Waals surface area (Å²) >= 11 is 1.43. The van der Waals surface area contributed by atoms with Crippen LogP contribution in [0.5, 0.6) is 0 Å². The third kappa shape index (κ3) is 2.52. The van der Waals surface area contributed by atoms with Crippen molar-refractivity contribution >= 4 is 34.2 Å². The molecular weight excluding hydrogens is 290 g/mol. The van der Waals surface area contributed by atoms with Gasteiger partial charge in [0.2, 0.25) is 5.95 Å². The number of aryl methyl sites for hydroxylation is 1. The number of fused-ring (bicyclic) bond motifs is 1. The molecule has 0 saturated heterocycles. The number of carbonyl (C=O) groups excluding carboxylic acids is 1. The molecule has 108 valence electrons. The molecule has 0 aliphatic heterocycles. The van der Waals surface area contributed by atoms with Crippen LogP contribution in [0.2, 0.25) is 0 Å². The van der Waals surface area contributed by atoms with Crippen LogP contribution in [0.15, 0.2) is 23.1 Å². The third-order valence-corrected chi connectivity index (χ3v) is 4.04. The molecule has 0 bridgehead atoms. The van der Waals surface area contributed by atoms with Gasteiger partial charge in [-0.3, -0.25) is 14.6 Å². The van der Waals surface area contributed by atoms with E-state index in [1.165, 1.54) is 11.3 Å². The van der Waals surface area contributed by atoms with E-state index in [4.69, 9.17) is 5.73 Å². The van der Waals surface area contributed by atoms with E-state index in [2.05, 4.69) is 20.3 Å². The van der Waals surface area contributed by atoms with Crippen molar-refractivity contribution in [1.29, 1.82) is 0 Å². The van der Waals surface area contributed by atoms with Crippen LogP contribution in [0, 0.1) is 6.92 Å². The summed E-state index contributed by atoms with van der Waals surface area (Å²) in [7, 11) is 0. The first-order valence-corrected chi connectivity index (χ1v) is 7.06. The first kappa shape index (κ1) is 13.4. The van der Waals surface area contributed by atoms with Crippen LogP contribution in [0.1, 0.15) is 20.1 Å². The van der Waals surface area contributed by atoms with Crippen molar-refractivity contribution < 1.29 is 4.79 Å². The van der Waals surface area contributed by atoms with Crippen molar-refractivity contribution in [3.63, 3.8) is 0 Å². The van der Waals surface area contributed by atoms with Gasteiger partial charge in [-0.1, -0.05) is 0 Å². The second-order valence-corrected chi connectivity index (χ2v) is 5.87. The average Bonchev–Trinajstić information content (AvgIpc) is 3.02. The number of hydrogen-bond acceptors (Lipinski definition) is 5. The molecule has 3 aromatic heterocycles. The Morgan fingerprint density at radius 3 is 3.00 bits per heavy atom. The van der Waals surface area contributed by atoms with Gasteiger partial charge in [-0.05, 0) is 19.1 Å². The standard InChI is InChI=1S/C13H13N5O2S/c1-6-2-3-8(21-6)11(19)16-5-7-4-15-10-9(7)12(20)18-13(14)17-10/h2-4H,5H2,1H3,(H,16,19)(H4,14,15,17,18,20). The van der Waals surface area contributed by atoms with Gasteiger partial charge >= 0.3 is 0 Å². The summed E-state index contributed by atoms with van der Waals surface area (Å²) in [5, 5.41) is 3.20. The smallest absolute Gasteiger partial charge is 0.262 e. The molecule has 0 aliphatic rings. The zero-order valence-electron chi connectivity index (χ0n) is 11.2. The highest BCUT2D eigenvalue weighted by atomic mass is 32.1. The summed E-state index contributed by atoms with van der Waals surface area (Å²) in [5.74, 6) is -0.110. The van der Waals surface area contributed by atoms with Crippen molar-refractivity contribution in [2.45, 2.75) is 13.5 Å². The topological polar surface area (TPSA) is 117 Å². The Morgan fingerprint density at radius 1 is 1.48 bits per heavy atom. The Hall–Kier alpha value is -2.61. The van der Waals surface area contributed by atoms with Gasteiger partial charge in [0.15, 0.2) is 0 Å². The first-order chi connectivity index (χ1) is 10.0. The van der Waals surface area contributed by atoms with Crippen LogP contribution in [0.25, 0.3) is 11.0 Å². The third-order valence-electron chi connectivity index (χ3n) is 3.05. The van der Waals surface area contributed by atoms with Gasteiger partial charge in [0.25, 0.3) is 11.5 Å². The molecule has 1 amide bonds. The molecule has 3 rings (SSSR count). The number of amides is 1. The lowest BCUT2D eigenvalue weighted by Crippen LogP contribution is -2.22. The monoisotopic (exact) mass is 303 g/mol. The quantitative estimate of drug-likeness (QED) is 0.580. The van der Waals surface area contributed by atoms with E-state index in [1.54, 1.807) is 12.3 Å². The minimum atomic E-state index is -0.324. The Bertz CT molecular complexity index is 876. The summed E-state index contributed by atoms with van der Waals surface area (Å²) < 4.78 is 0. The molecule has 0 atom stereocenters. The predicted octanol–water partition coefficient (Wildman–Crippen LogP) is 1.13. The largest absolute Gasteiger partial charge is 0.369 e. The zero-order chi connectivity index (χ0) is 15.0. The summed E-state index contributed by atoms with van der Waals surface area (Å²) in [6, 6.07) is 3.67. The van der Waals surface area contributed by atoms with Crippen LogP contribution in [-0.4, -0.2) is 20.9 Å². The number of aromatic amines is 2. The van der Waals surface area contributed by atoms with Crippen LogP contribution in [0.4, 0.5) is 5.95 Å². The molecule has 0 aromatic carbocycles. The number of H-pyrrole nitrogens is 2. The highest BCUT2D eigenvalue weighted by molar-refractivity contribution is 7.13. The molecule has 0 aliphatic carbocycles. The molecule has 8 heteroatoms. The molecule has 21 heavy (non-hydrogen) atoms. The van der Waals surface area contributed by atoms with Crippen molar-refractivity contribution in [2.75, 3.05) is 5.73 Å². The summed E-state index contributed by atoms with van der Waals surface area (Å²) in [4.78, 5) is 34.9. The maximum absolute atomic E-state index is 12.0. The summed E-state index contributed by atoms with van der Waals surface area (Å²) in [6.45, 7) is 2.18. The van der Waals surface area contributed by atoms with Crippen LogP contribution >= 0.6 is 11.3 Å². The molecule has 0 fully saturated rings. The van der Waals surface area contributed by atoms with E-state index >= 15 is 0 Å². The number of carbonyl (C=O) groups is 1. The summed E-state index contributed by atoms with van der Waals surface area (Å²) in [5.41, 5.74) is 6.23. The number of nitrogen functional groups attached to an aromatic ring is 1.